The van der Waals surface area contributed by atoms with Crippen LogP contribution in [0.25, 0.3) is 11.5 Å². The second-order valence-electron chi connectivity index (χ2n) is 5.13. The van der Waals surface area contributed by atoms with E-state index in [2.05, 4.69) is 16.9 Å². The molecule has 0 aliphatic rings. The molecule has 2 amide bonds. The number of nitrogens with zero attached hydrogens (tertiary/aromatic N) is 2. The average Bonchev–Trinajstić information content (AvgIpc) is 3.02. The van der Waals surface area contributed by atoms with Crippen molar-refractivity contribution in [1.82, 2.24) is 15.2 Å². The van der Waals surface area contributed by atoms with Crippen LogP contribution in [0, 0.1) is 6.92 Å². The zero-order chi connectivity index (χ0) is 16.7. The van der Waals surface area contributed by atoms with Gasteiger partial charge < -0.3 is 19.7 Å². The Morgan fingerprint density at radius 3 is 2.83 bits per heavy atom. The number of nitrogens with one attached hydrogen (secondary N) is 1. The molecule has 0 atom stereocenters. The number of oxazole rings is 1. The molecule has 2 N–H and O–H groups in total. The summed E-state index contributed by atoms with van der Waals surface area (Å²) in [4.78, 5) is 17.8. The lowest BCUT2D eigenvalue weighted by Crippen LogP contribution is -2.41. The second-order valence-corrected chi connectivity index (χ2v) is 5.13. The van der Waals surface area contributed by atoms with Crippen LogP contribution in [0.3, 0.4) is 0 Å². The summed E-state index contributed by atoms with van der Waals surface area (Å²) in [6.45, 7) is 6.40. The van der Waals surface area contributed by atoms with Crippen LogP contribution in [-0.4, -0.2) is 40.7 Å². The molecule has 23 heavy (non-hydrogen) atoms. The molecule has 0 spiro atoms. The fourth-order valence-corrected chi connectivity index (χ4v) is 2.05. The average molecular weight is 315 g/mol. The van der Waals surface area contributed by atoms with E-state index in [1.807, 2.05) is 31.2 Å². The molecule has 1 aromatic carbocycles. The highest BCUT2D eigenvalue weighted by Gasteiger charge is 2.12. The number of benzene rings is 1. The second kappa shape index (κ2) is 8.14. The summed E-state index contributed by atoms with van der Waals surface area (Å²) < 4.78 is 5.45. The fraction of sp³-hybridized carbons (Fsp3) is 0.294. The lowest BCUT2D eigenvalue weighted by molar-refractivity contribution is 0.183. The Hall–Kier alpha value is -2.60. The first kappa shape index (κ1) is 16.8. The molecular weight excluding hydrogens is 294 g/mol. The standard InChI is InChI=1S/C17H21N3O3/c1-3-8-20(9-10-21)17(22)18-11-15-12-23-16(19-15)14-6-4-13(2)5-7-14/h3-7,12,21H,1,8-11H2,2H3,(H,18,22). The summed E-state index contributed by atoms with van der Waals surface area (Å²) in [6, 6.07) is 7.58. The van der Waals surface area contributed by atoms with Crippen molar-refractivity contribution in [3.05, 3.63) is 54.4 Å². The van der Waals surface area contributed by atoms with Gasteiger partial charge in [-0.3, -0.25) is 0 Å². The SMILES string of the molecule is C=CCN(CCO)C(=O)NCc1coc(-c2ccc(C)cc2)n1. The Balaban J connectivity index is 1.95. The van der Waals surface area contributed by atoms with Crippen LogP contribution >= 0.6 is 0 Å². The number of aryl methyl sites for hydroxylation is 1. The van der Waals surface area contributed by atoms with Gasteiger partial charge >= 0.3 is 6.03 Å². The molecular formula is C17H21N3O3. The Morgan fingerprint density at radius 2 is 2.17 bits per heavy atom. The minimum Gasteiger partial charge on any atom is -0.444 e. The zero-order valence-electron chi connectivity index (χ0n) is 13.2. The third kappa shape index (κ3) is 4.69. The minimum absolute atomic E-state index is 0.0945. The normalized spacial score (nSPS) is 10.3. The van der Waals surface area contributed by atoms with Crippen molar-refractivity contribution in [2.45, 2.75) is 13.5 Å². The van der Waals surface area contributed by atoms with E-state index in [0.29, 0.717) is 18.1 Å². The van der Waals surface area contributed by atoms with Crippen molar-refractivity contribution in [2.75, 3.05) is 19.7 Å². The molecule has 6 heteroatoms. The van der Waals surface area contributed by atoms with Crippen LogP contribution in [0.15, 0.2) is 47.6 Å². The molecule has 0 fully saturated rings. The number of aliphatic hydroxyl groups is 1. The third-order valence-corrected chi connectivity index (χ3v) is 3.28. The highest BCUT2D eigenvalue weighted by molar-refractivity contribution is 5.74. The Kier molecular flexibility index (Phi) is 5.94. The first-order valence-electron chi connectivity index (χ1n) is 7.40. The number of hydrogen-bond acceptors (Lipinski definition) is 4. The molecule has 2 rings (SSSR count). The van der Waals surface area contributed by atoms with Crippen LogP contribution in [-0.2, 0) is 6.54 Å². The molecule has 0 saturated heterocycles. The first-order chi connectivity index (χ1) is 11.1. The van der Waals surface area contributed by atoms with Crippen molar-refractivity contribution in [3.8, 4) is 11.5 Å². The maximum absolute atomic E-state index is 12.0. The Morgan fingerprint density at radius 1 is 1.43 bits per heavy atom. The third-order valence-electron chi connectivity index (χ3n) is 3.28. The number of urea groups is 1. The van der Waals surface area contributed by atoms with Gasteiger partial charge in [0, 0.05) is 18.7 Å². The maximum Gasteiger partial charge on any atom is 0.318 e. The quantitative estimate of drug-likeness (QED) is 0.769. The van der Waals surface area contributed by atoms with E-state index in [9.17, 15) is 4.79 Å². The molecule has 2 aromatic rings. The highest BCUT2D eigenvalue weighted by Crippen LogP contribution is 2.18. The summed E-state index contributed by atoms with van der Waals surface area (Å²) in [7, 11) is 0. The molecule has 0 saturated carbocycles. The van der Waals surface area contributed by atoms with E-state index in [1.54, 1.807) is 6.08 Å². The fourth-order valence-electron chi connectivity index (χ4n) is 2.05. The molecule has 0 aliphatic heterocycles. The van der Waals surface area contributed by atoms with Crippen LogP contribution in [0.4, 0.5) is 4.79 Å². The van der Waals surface area contributed by atoms with Gasteiger partial charge in [-0.05, 0) is 19.1 Å². The van der Waals surface area contributed by atoms with Gasteiger partial charge in [-0.25, -0.2) is 9.78 Å². The molecule has 0 aliphatic carbocycles. The predicted octanol–water partition coefficient (Wildman–Crippen LogP) is 2.34. The van der Waals surface area contributed by atoms with Gasteiger partial charge in [0.1, 0.15) is 6.26 Å². The van der Waals surface area contributed by atoms with Gasteiger partial charge in [0.25, 0.3) is 0 Å². The predicted molar refractivity (Wildman–Crippen MR) is 87.8 cm³/mol. The van der Waals surface area contributed by atoms with Crippen molar-refractivity contribution < 1.29 is 14.3 Å². The molecule has 122 valence electrons. The maximum atomic E-state index is 12.0. The number of aliphatic hydroxyl groups excluding tert-OH is 1. The summed E-state index contributed by atoms with van der Waals surface area (Å²) >= 11 is 0. The topological polar surface area (TPSA) is 78.6 Å². The van der Waals surface area contributed by atoms with Crippen LogP contribution in [0.1, 0.15) is 11.3 Å². The summed E-state index contributed by atoms with van der Waals surface area (Å²) in [5.74, 6) is 0.521. The monoisotopic (exact) mass is 315 g/mol. The van der Waals surface area contributed by atoms with Crippen LogP contribution < -0.4 is 5.32 Å². The van der Waals surface area contributed by atoms with Gasteiger partial charge in [0.05, 0.1) is 18.8 Å². The number of rotatable bonds is 7. The van der Waals surface area contributed by atoms with Gasteiger partial charge in [0.2, 0.25) is 5.89 Å². The van der Waals surface area contributed by atoms with Gasteiger partial charge in [-0.2, -0.15) is 0 Å². The largest absolute Gasteiger partial charge is 0.444 e. The number of amides is 2. The Labute approximate surface area is 135 Å². The highest BCUT2D eigenvalue weighted by atomic mass is 16.3. The van der Waals surface area contributed by atoms with Gasteiger partial charge in [0.15, 0.2) is 0 Å². The molecule has 0 radical (unpaired) electrons. The lowest BCUT2D eigenvalue weighted by Gasteiger charge is -2.19. The number of aromatic nitrogens is 1. The first-order valence-corrected chi connectivity index (χ1v) is 7.40. The summed E-state index contributed by atoms with van der Waals surface area (Å²) in [6.07, 6.45) is 3.14. The van der Waals surface area contributed by atoms with E-state index < -0.39 is 0 Å². The number of carbonyl (C=O) groups excluding carboxylic acids is 1. The lowest BCUT2D eigenvalue weighted by atomic mass is 10.1. The van der Waals surface area contributed by atoms with E-state index in [4.69, 9.17) is 9.52 Å². The number of hydrogen-bond donors (Lipinski definition) is 2. The zero-order valence-corrected chi connectivity index (χ0v) is 13.2. The van der Waals surface area contributed by atoms with Gasteiger partial charge in [-0.1, -0.05) is 23.8 Å². The molecule has 1 heterocycles. The van der Waals surface area contributed by atoms with E-state index in [1.165, 1.54) is 16.7 Å². The van der Waals surface area contributed by atoms with E-state index in [0.717, 1.165) is 5.56 Å². The van der Waals surface area contributed by atoms with Crippen LogP contribution in [0.5, 0.6) is 0 Å². The van der Waals surface area contributed by atoms with Crippen molar-refractivity contribution in [1.29, 1.82) is 0 Å². The van der Waals surface area contributed by atoms with E-state index in [-0.39, 0.29) is 25.7 Å². The Bertz CT molecular complexity index is 649. The summed E-state index contributed by atoms with van der Waals surface area (Å²) in [5, 5.41) is 11.7. The smallest absolute Gasteiger partial charge is 0.318 e. The van der Waals surface area contributed by atoms with E-state index >= 15 is 0 Å². The number of carbonyl (C=O) groups is 1. The molecule has 0 bridgehead atoms. The van der Waals surface area contributed by atoms with Crippen molar-refractivity contribution in [3.63, 3.8) is 0 Å². The molecule has 1 aromatic heterocycles. The van der Waals surface area contributed by atoms with Gasteiger partial charge in [-0.15, -0.1) is 6.58 Å². The molecule has 6 nitrogen and oxygen atoms in total. The molecule has 0 unspecified atom stereocenters. The summed E-state index contributed by atoms with van der Waals surface area (Å²) in [5.41, 5.74) is 2.69. The van der Waals surface area contributed by atoms with Crippen molar-refractivity contribution >= 4 is 6.03 Å². The van der Waals surface area contributed by atoms with Crippen LogP contribution in [0.2, 0.25) is 0 Å². The minimum atomic E-state index is -0.279. The van der Waals surface area contributed by atoms with Crippen molar-refractivity contribution in [2.24, 2.45) is 0 Å².